The Balaban J connectivity index is 1.89. The van der Waals surface area contributed by atoms with Gasteiger partial charge in [-0.2, -0.15) is 4.98 Å². The van der Waals surface area contributed by atoms with Gasteiger partial charge in [0.25, 0.3) is 0 Å². The lowest BCUT2D eigenvalue weighted by atomic mass is 9.97. The van der Waals surface area contributed by atoms with Crippen LogP contribution in [0.15, 0.2) is 4.52 Å². The van der Waals surface area contributed by atoms with Crippen molar-refractivity contribution in [1.82, 2.24) is 25.7 Å². The highest BCUT2D eigenvalue weighted by molar-refractivity contribution is 5.77. The molecular formula is C21H37N5O4. The van der Waals surface area contributed by atoms with Crippen molar-refractivity contribution in [2.45, 2.75) is 79.0 Å². The molecule has 1 aliphatic rings. The summed E-state index contributed by atoms with van der Waals surface area (Å²) in [7, 11) is 0. The van der Waals surface area contributed by atoms with Gasteiger partial charge in [0.15, 0.2) is 5.82 Å². The van der Waals surface area contributed by atoms with E-state index in [2.05, 4.69) is 25.7 Å². The summed E-state index contributed by atoms with van der Waals surface area (Å²) in [5, 5.41) is 9.88. The van der Waals surface area contributed by atoms with Crippen LogP contribution in [0.3, 0.4) is 0 Å². The number of hydrogen-bond acceptors (Lipinski definition) is 7. The number of rotatable bonds is 7. The fraction of sp³-hybridized carbons (Fsp3) is 0.810. The van der Waals surface area contributed by atoms with E-state index in [9.17, 15) is 9.59 Å². The molecule has 0 bridgehead atoms. The minimum atomic E-state index is -0.824. The molecule has 0 aliphatic carbocycles. The summed E-state index contributed by atoms with van der Waals surface area (Å²) in [5.74, 6) is 1.42. The highest BCUT2D eigenvalue weighted by Crippen LogP contribution is 2.21. The third-order valence-corrected chi connectivity index (χ3v) is 4.89. The average Bonchev–Trinajstić information content (AvgIpc) is 3.07. The lowest BCUT2D eigenvalue weighted by molar-refractivity contribution is -0.124. The van der Waals surface area contributed by atoms with Crippen molar-refractivity contribution in [2.75, 3.05) is 19.6 Å². The molecule has 9 nitrogen and oxygen atoms in total. The van der Waals surface area contributed by atoms with E-state index in [1.807, 2.05) is 34.6 Å². The Morgan fingerprint density at radius 1 is 1.27 bits per heavy atom. The first kappa shape index (κ1) is 24.1. The van der Waals surface area contributed by atoms with Crippen LogP contribution in [0.2, 0.25) is 0 Å². The zero-order valence-corrected chi connectivity index (χ0v) is 19.4. The van der Waals surface area contributed by atoms with Gasteiger partial charge >= 0.3 is 6.09 Å². The van der Waals surface area contributed by atoms with E-state index in [-0.39, 0.29) is 11.8 Å². The third kappa shape index (κ3) is 7.59. The number of nitrogens with zero attached hydrogens (tertiary/aromatic N) is 3. The fourth-order valence-corrected chi connectivity index (χ4v) is 3.29. The second-order valence-corrected chi connectivity index (χ2v) is 9.91. The van der Waals surface area contributed by atoms with Crippen LogP contribution in [0, 0.1) is 11.8 Å². The van der Waals surface area contributed by atoms with Gasteiger partial charge in [-0.05, 0) is 59.9 Å². The maximum absolute atomic E-state index is 12.1. The molecule has 1 saturated heterocycles. The number of piperidine rings is 1. The normalized spacial score (nSPS) is 18.3. The van der Waals surface area contributed by atoms with Crippen molar-refractivity contribution >= 4 is 12.0 Å². The van der Waals surface area contributed by atoms with Crippen LogP contribution >= 0.6 is 0 Å². The molecule has 2 heterocycles. The van der Waals surface area contributed by atoms with Gasteiger partial charge in [0.05, 0.1) is 6.54 Å². The van der Waals surface area contributed by atoms with E-state index in [4.69, 9.17) is 9.26 Å². The molecule has 170 valence electrons. The van der Waals surface area contributed by atoms with E-state index >= 15 is 0 Å². The molecular weight excluding hydrogens is 386 g/mol. The highest BCUT2D eigenvalue weighted by Gasteiger charge is 2.31. The van der Waals surface area contributed by atoms with E-state index < -0.39 is 17.2 Å². The van der Waals surface area contributed by atoms with Crippen LogP contribution in [-0.4, -0.2) is 52.3 Å². The molecule has 2 amide bonds. The Kier molecular flexibility index (Phi) is 7.85. The number of ether oxygens (including phenoxy) is 1. The number of amides is 2. The Morgan fingerprint density at radius 2 is 1.97 bits per heavy atom. The van der Waals surface area contributed by atoms with E-state index in [1.54, 1.807) is 13.8 Å². The van der Waals surface area contributed by atoms with E-state index in [0.29, 0.717) is 30.7 Å². The molecule has 0 aromatic carbocycles. The van der Waals surface area contributed by atoms with Crippen molar-refractivity contribution in [3.8, 4) is 0 Å². The molecule has 1 atom stereocenters. The molecule has 2 N–H and O–H groups in total. The van der Waals surface area contributed by atoms with E-state index in [1.165, 1.54) is 0 Å². The number of aromatic nitrogens is 2. The van der Waals surface area contributed by atoms with Gasteiger partial charge in [-0.3, -0.25) is 9.69 Å². The summed E-state index contributed by atoms with van der Waals surface area (Å²) >= 11 is 0. The third-order valence-electron chi connectivity index (χ3n) is 4.89. The lowest BCUT2D eigenvalue weighted by Crippen LogP contribution is -2.44. The number of alkyl carbamates (subject to hydrolysis) is 1. The van der Waals surface area contributed by atoms with Crippen molar-refractivity contribution in [1.29, 1.82) is 0 Å². The molecule has 1 fully saturated rings. The Labute approximate surface area is 179 Å². The van der Waals surface area contributed by atoms with Gasteiger partial charge < -0.3 is 19.9 Å². The first-order valence-electron chi connectivity index (χ1n) is 10.7. The van der Waals surface area contributed by atoms with Gasteiger partial charge in [0, 0.05) is 19.0 Å². The number of carbonyl (C=O) groups excluding carboxylic acids is 2. The predicted octanol–water partition coefficient (Wildman–Crippen LogP) is 2.81. The van der Waals surface area contributed by atoms with Crippen LogP contribution in [-0.2, 0) is 21.6 Å². The molecule has 0 saturated carbocycles. The molecule has 1 aromatic rings. The van der Waals surface area contributed by atoms with Crippen molar-refractivity contribution in [3.05, 3.63) is 11.7 Å². The van der Waals surface area contributed by atoms with Gasteiger partial charge in [-0.15, -0.1) is 0 Å². The first-order valence-corrected chi connectivity index (χ1v) is 10.7. The summed E-state index contributed by atoms with van der Waals surface area (Å²) in [4.78, 5) is 30.7. The molecule has 0 spiro atoms. The SMILES string of the molecule is CC(C)C(=O)NC[C@@H]1CCCN(Cc2nc(C(C)(C)NC(=O)OC(C)(C)C)no2)C1. The molecule has 30 heavy (non-hydrogen) atoms. The maximum Gasteiger partial charge on any atom is 0.408 e. The smallest absolute Gasteiger partial charge is 0.408 e. The molecule has 1 aliphatic heterocycles. The Hall–Kier alpha value is -2.16. The van der Waals surface area contributed by atoms with Crippen molar-refractivity contribution in [3.63, 3.8) is 0 Å². The summed E-state index contributed by atoms with van der Waals surface area (Å²) < 4.78 is 10.8. The minimum absolute atomic E-state index is 0.000786. The number of carbonyl (C=O) groups is 2. The topological polar surface area (TPSA) is 110 Å². The maximum atomic E-state index is 12.1. The van der Waals surface area contributed by atoms with Crippen LogP contribution in [0.1, 0.15) is 73.0 Å². The quantitative estimate of drug-likeness (QED) is 0.694. The molecule has 0 radical (unpaired) electrons. The van der Waals surface area contributed by atoms with Crippen molar-refractivity contribution < 1.29 is 18.8 Å². The van der Waals surface area contributed by atoms with Crippen LogP contribution < -0.4 is 10.6 Å². The summed E-state index contributed by atoms with van der Waals surface area (Å²) in [6, 6.07) is 0. The van der Waals surface area contributed by atoms with Crippen molar-refractivity contribution in [2.24, 2.45) is 11.8 Å². The number of nitrogens with one attached hydrogen (secondary N) is 2. The van der Waals surface area contributed by atoms with Gasteiger partial charge in [-0.25, -0.2) is 4.79 Å². The van der Waals surface area contributed by atoms with Crippen LogP contribution in [0.25, 0.3) is 0 Å². The van der Waals surface area contributed by atoms with Gasteiger partial charge in [0.2, 0.25) is 11.8 Å². The van der Waals surface area contributed by atoms with Gasteiger partial charge in [-0.1, -0.05) is 19.0 Å². The highest BCUT2D eigenvalue weighted by atomic mass is 16.6. The summed E-state index contributed by atoms with van der Waals surface area (Å²) in [5.41, 5.74) is -1.41. The fourth-order valence-electron chi connectivity index (χ4n) is 3.29. The molecule has 9 heteroatoms. The standard InChI is InChI=1S/C21H37N5O4/c1-14(2)17(27)22-11-15-9-8-10-26(12-15)13-16-23-18(25-30-16)21(6,7)24-19(28)29-20(3,4)5/h14-15H,8-13H2,1-7H3,(H,22,27)(H,24,28)/t15-/m0/s1. The number of likely N-dealkylation sites (tertiary alicyclic amines) is 1. The first-order chi connectivity index (χ1) is 13.9. The number of hydrogen-bond donors (Lipinski definition) is 2. The second kappa shape index (κ2) is 9.76. The largest absolute Gasteiger partial charge is 0.444 e. The summed E-state index contributed by atoms with van der Waals surface area (Å²) in [6.07, 6.45) is 1.63. The zero-order chi connectivity index (χ0) is 22.5. The average molecular weight is 424 g/mol. The summed E-state index contributed by atoms with van der Waals surface area (Å²) in [6.45, 7) is 15.9. The Morgan fingerprint density at radius 3 is 2.60 bits per heavy atom. The minimum Gasteiger partial charge on any atom is -0.444 e. The second-order valence-electron chi connectivity index (χ2n) is 9.91. The molecule has 2 rings (SSSR count). The Bertz CT molecular complexity index is 723. The molecule has 0 unspecified atom stereocenters. The van der Waals surface area contributed by atoms with E-state index in [0.717, 1.165) is 25.9 Å². The predicted molar refractivity (Wildman–Crippen MR) is 113 cm³/mol. The van der Waals surface area contributed by atoms with Crippen LogP contribution in [0.5, 0.6) is 0 Å². The van der Waals surface area contributed by atoms with Gasteiger partial charge in [0.1, 0.15) is 11.1 Å². The monoisotopic (exact) mass is 423 g/mol. The van der Waals surface area contributed by atoms with Crippen LogP contribution in [0.4, 0.5) is 4.79 Å². The zero-order valence-electron chi connectivity index (χ0n) is 19.4. The molecule has 1 aromatic heterocycles. The lowest BCUT2D eigenvalue weighted by Gasteiger charge is -2.31.